The number of allylic oxidation sites excluding steroid dienone is 3. The van der Waals surface area contributed by atoms with E-state index in [-0.39, 0.29) is 5.91 Å². The third-order valence-corrected chi connectivity index (χ3v) is 4.81. The smallest absolute Gasteiger partial charge is 0.244 e. The molecule has 1 rings (SSSR count). The molecule has 1 unspecified atom stereocenters. The first-order valence-electron chi connectivity index (χ1n) is 10.0. The molecule has 0 aliphatic rings. The number of carbonyl (C=O) groups excluding carboxylic acids is 1. The molecule has 156 valence electrons. The summed E-state index contributed by atoms with van der Waals surface area (Å²) in [4.78, 5) is 11.7. The molecule has 1 atom stereocenters. The zero-order valence-corrected chi connectivity index (χ0v) is 18.7. The standard InChI is InChI=1S/C23H33Cl2NO2/c1-18(2)17-26-22(27)16-19(3)12-8-6-4-5-7-11-15-28-23(25)20-13-9-10-14-21(20)24/h8-10,12-14,16,18,23H,4-7,11,15,17H2,1-3H3,(H,26,27). The van der Waals surface area contributed by atoms with Gasteiger partial charge in [-0.05, 0) is 43.7 Å². The summed E-state index contributed by atoms with van der Waals surface area (Å²) in [7, 11) is 0. The SMILES string of the molecule is CC(C=CCCCCCCOC(Cl)c1ccccc1Cl)=CC(=O)NCC(C)C. The molecule has 0 fully saturated rings. The number of rotatable bonds is 13. The van der Waals surface area contributed by atoms with Crippen LogP contribution in [0.2, 0.25) is 5.02 Å². The average molecular weight is 426 g/mol. The van der Waals surface area contributed by atoms with Crippen molar-refractivity contribution in [3.05, 3.63) is 58.7 Å². The second kappa shape index (κ2) is 14.7. The summed E-state index contributed by atoms with van der Waals surface area (Å²) in [6.45, 7) is 7.44. The number of halogens is 2. The molecule has 28 heavy (non-hydrogen) atoms. The van der Waals surface area contributed by atoms with Gasteiger partial charge in [0.25, 0.3) is 0 Å². The van der Waals surface area contributed by atoms with Gasteiger partial charge in [0.05, 0.1) is 0 Å². The highest BCUT2D eigenvalue weighted by Gasteiger charge is 2.10. The third-order valence-electron chi connectivity index (χ3n) is 4.10. The summed E-state index contributed by atoms with van der Waals surface area (Å²) in [6, 6.07) is 7.49. The molecule has 0 saturated heterocycles. The monoisotopic (exact) mass is 425 g/mol. The molecule has 0 aliphatic carbocycles. The van der Waals surface area contributed by atoms with Crippen molar-refractivity contribution in [2.75, 3.05) is 13.2 Å². The van der Waals surface area contributed by atoms with Crippen molar-refractivity contribution in [1.29, 1.82) is 0 Å². The van der Waals surface area contributed by atoms with Crippen LogP contribution in [-0.2, 0) is 9.53 Å². The number of unbranched alkanes of at least 4 members (excludes halogenated alkanes) is 4. The van der Waals surface area contributed by atoms with E-state index in [0.717, 1.165) is 43.2 Å². The molecule has 0 saturated carbocycles. The molecule has 1 N–H and O–H groups in total. The molecule has 0 heterocycles. The van der Waals surface area contributed by atoms with Crippen LogP contribution in [0.25, 0.3) is 0 Å². The maximum absolute atomic E-state index is 11.7. The summed E-state index contributed by atoms with van der Waals surface area (Å²) < 4.78 is 5.66. The lowest BCUT2D eigenvalue weighted by Gasteiger charge is -2.12. The lowest BCUT2D eigenvalue weighted by Crippen LogP contribution is -2.25. The van der Waals surface area contributed by atoms with Crippen LogP contribution >= 0.6 is 23.2 Å². The molecule has 3 nitrogen and oxygen atoms in total. The number of hydrogen-bond acceptors (Lipinski definition) is 2. The van der Waals surface area contributed by atoms with Crippen LogP contribution < -0.4 is 5.32 Å². The van der Waals surface area contributed by atoms with Crippen LogP contribution in [0, 0.1) is 5.92 Å². The van der Waals surface area contributed by atoms with Crippen molar-refractivity contribution in [2.24, 2.45) is 5.92 Å². The summed E-state index contributed by atoms with van der Waals surface area (Å²) in [5.41, 5.74) is 1.30. The molecule has 0 aromatic heterocycles. The Labute approximate surface area is 180 Å². The van der Waals surface area contributed by atoms with E-state index in [1.165, 1.54) is 0 Å². The molecule has 1 amide bonds. The fourth-order valence-corrected chi connectivity index (χ4v) is 3.10. The first-order valence-corrected chi connectivity index (χ1v) is 10.8. The van der Waals surface area contributed by atoms with Crippen molar-refractivity contribution in [2.45, 2.75) is 58.4 Å². The van der Waals surface area contributed by atoms with Gasteiger partial charge in [-0.25, -0.2) is 0 Å². The molecule has 0 radical (unpaired) electrons. The molecular formula is C23H33Cl2NO2. The van der Waals surface area contributed by atoms with Crippen LogP contribution in [0.4, 0.5) is 0 Å². The predicted molar refractivity (Wildman–Crippen MR) is 120 cm³/mol. The summed E-state index contributed by atoms with van der Waals surface area (Å²) in [5.74, 6) is 0.440. The Bertz CT molecular complexity index is 641. The van der Waals surface area contributed by atoms with Gasteiger partial charge in [0.15, 0.2) is 5.56 Å². The zero-order chi connectivity index (χ0) is 20.8. The Kier molecular flexibility index (Phi) is 13.0. The topological polar surface area (TPSA) is 38.3 Å². The minimum Gasteiger partial charge on any atom is -0.358 e. The highest BCUT2D eigenvalue weighted by molar-refractivity contribution is 6.32. The van der Waals surface area contributed by atoms with Gasteiger partial charge in [0.2, 0.25) is 5.91 Å². The van der Waals surface area contributed by atoms with Gasteiger partial charge in [0.1, 0.15) is 0 Å². The summed E-state index contributed by atoms with van der Waals surface area (Å²) in [5, 5.41) is 3.52. The van der Waals surface area contributed by atoms with Gasteiger partial charge in [-0.3, -0.25) is 4.79 Å². The van der Waals surface area contributed by atoms with Crippen molar-refractivity contribution in [3.63, 3.8) is 0 Å². The molecule has 1 aromatic rings. The first-order chi connectivity index (χ1) is 13.4. The van der Waals surface area contributed by atoms with Crippen molar-refractivity contribution in [1.82, 2.24) is 5.32 Å². The second-order valence-electron chi connectivity index (χ2n) is 7.34. The minimum atomic E-state index is -0.496. The largest absolute Gasteiger partial charge is 0.358 e. The van der Waals surface area contributed by atoms with E-state index in [9.17, 15) is 4.79 Å². The van der Waals surface area contributed by atoms with Gasteiger partial charge < -0.3 is 10.1 Å². The average Bonchev–Trinajstić information content (AvgIpc) is 2.65. The van der Waals surface area contributed by atoms with Crippen LogP contribution in [-0.4, -0.2) is 19.1 Å². The number of nitrogens with one attached hydrogen (secondary N) is 1. The summed E-state index contributed by atoms with van der Waals surface area (Å²) >= 11 is 12.4. The zero-order valence-electron chi connectivity index (χ0n) is 17.2. The van der Waals surface area contributed by atoms with Crippen molar-refractivity contribution >= 4 is 29.1 Å². The highest BCUT2D eigenvalue weighted by Crippen LogP contribution is 2.28. The number of amides is 1. The maximum Gasteiger partial charge on any atom is 0.244 e. The van der Waals surface area contributed by atoms with Crippen LogP contribution in [0.15, 0.2) is 48.1 Å². The van der Waals surface area contributed by atoms with Crippen molar-refractivity contribution in [3.8, 4) is 0 Å². The Hall–Kier alpha value is -1.29. The molecule has 0 bridgehead atoms. The van der Waals surface area contributed by atoms with Crippen LogP contribution in [0.5, 0.6) is 0 Å². The van der Waals surface area contributed by atoms with E-state index in [4.69, 9.17) is 27.9 Å². The number of ether oxygens (including phenoxy) is 1. The molecule has 5 heteroatoms. The molecule has 0 spiro atoms. The number of benzene rings is 1. The van der Waals surface area contributed by atoms with Gasteiger partial charge in [-0.2, -0.15) is 0 Å². The fourth-order valence-electron chi connectivity index (χ4n) is 2.53. The fraction of sp³-hybridized carbons (Fsp3) is 0.522. The van der Waals surface area contributed by atoms with Crippen LogP contribution in [0.3, 0.4) is 0 Å². The summed E-state index contributed by atoms with van der Waals surface area (Å²) in [6.07, 6.45) is 11.2. The maximum atomic E-state index is 11.7. The van der Waals surface area contributed by atoms with Gasteiger partial charge in [-0.15, -0.1) is 0 Å². The van der Waals surface area contributed by atoms with E-state index in [2.05, 4.69) is 25.2 Å². The van der Waals surface area contributed by atoms with Crippen molar-refractivity contribution < 1.29 is 9.53 Å². The number of carbonyl (C=O) groups is 1. The lowest BCUT2D eigenvalue weighted by molar-refractivity contribution is -0.116. The quantitative estimate of drug-likeness (QED) is 0.163. The van der Waals surface area contributed by atoms with Gasteiger partial charge in [-0.1, -0.05) is 80.2 Å². The Morgan fingerprint density at radius 2 is 1.89 bits per heavy atom. The Morgan fingerprint density at radius 3 is 2.61 bits per heavy atom. The van der Waals surface area contributed by atoms with Gasteiger partial charge in [0, 0.05) is 29.8 Å². The Morgan fingerprint density at radius 1 is 1.18 bits per heavy atom. The molecule has 0 aliphatic heterocycles. The minimum absolute atomic E-state index is 0.0229. The second-order valence-corrected chi connectivity index (χ2v) is 8.14. The number of alkyl halides is 1. The third kappa shape index (κ3) is 11.5. The molecular weight excluding hydrogens is 393 g/mol. The molecule has 1 aromatic carbocycles. The Balaban J connectivity index is 2.09. The van der Waals surface area contributed by atoms with E-state index in [0.29, 0.717) is 24.1 Å². The lowest BCUT2D eigenvalue weighted by atomic mass is 10.1. The van der Waals surface area contributed by atoms with Crippen LogP contribution in [0.1, 0.15) is 64.0 Å². The van der Waals surface area contributed by atoms with E-state index >= 15 is 0 Å². The van der Waals surface area contributed by atoms with E-state index in [1.54, 1.807) is 6.08 Å². The van der Waals surface area contributed by atoms with Gasteiger partial charge >= 0.3 is 0 Å². The number of hydrogen-bond donors (Lipinski definition) is 1. The highest BCUT2D eigenvalue weighted by atomic mass is 35.5. The van der Waals surface area contributed by atoms with E-state index in [1.807, 2.05) is 37.3 Å². The predicted octanol–water partition coefficient (Wildman–Crippen LogP) is 6.82. The van der Waals surface area contributed by atoms with E-state index < -0.39 is 5.56 Å². The normalized spacial score (nSPS) is 13.3. The first kappa shape index (κ1) is 24.7.